The summed E-state index contributed by atoms with van der Waals surface area (Å²) in [5.74, 6) is 1.24. The molecule has 0 aliphatic carbocycles. The minimum atomic E-state index is -0.223. The number of ether oxygens (including phenoxy) is 1. The molecular formula is C28H22N4O2. The van der Waals surface area contributed by atoms with Crippen molar-refractivity contribution in [3.63, 3.8) is 0 Å². The van der Waals surface area contributed by atoms with Crippen molar-refractivity contribution in [1.82, 2.24) is 14.6 Å². The number of carbonyl (C=O) groups is 1. The smallest absolute Gasteiger partial charge is 0.248 e. The van der Waals surface area contributed by atoms with Gasteiger partial charge in [-0.1, -0.05) is 60.7 Å². The van der Waals surface area contributed by atoms with Crippen LogP contribution in [0.1, 0.15) is 11.1 Å². The van der Waals surface area contributed by atoms with Gasteiger partial charge in [-0.15, -0.1) is 10.2 Å². The van der Waals surface area contributed by atoms with Gasteiger partial charge in [0.25, 0.3) is 0 Å². The Morgan fingerprint density at radius 3 is 2.65 bits per heavy atom. The number of amides is 1. The fourth-order valence-corrected chi connectivity index (χ4v) is 3.58. The van der Waals surface area contributed by atoms with E-state index in [9.17, 15) is 4.79 Å². The van der Waals surface area contributed by atoms with Crippen molar-refractivity contribution in [2.45, 2.75) is 6.61 Å². The second-order valence-corrected chi connectivity index (χ2v) is 7.70. The van der Waals surface area contributed by atoms with Crippen LogP contribution in [0, 0.1) is 0 Å². The third-order valence-electron chi connectivity index (χ3n) is 5.24. The predicted octanol–water partition coefficient (Wildman–Crippen LogP) is 5.63. The molecule has 34 heavy (non-hydrogen) atoms. The van der Waals surface area contributed by atoms with E-state index in [2.05, 4.69) is 15.5 Å². The van der Waals surface area contributed by atoms with Crippen LogP contribution in [-0.2, 0) is 11.4 Å². The van der Waals surface area contributed by atoms with Crippen LogP contribution < -0.4 is 10.1 Å². The van der Waals surface area contributed by atoms with Gasteiger partial charge in [0.1, 0.15) is 12.4 Å². The standard InChI is InChI=1S/C28H22N4O2/c33-27(16-15-21-10-6-13-25(18-21)34-20-22-8-2-1-3-9-22)29-24-12-7-11-23(19-24)28-31-30-26-14-4-5-17-32(26)28/h1-19H,20H2,(H,29,33)/b16-15+. The van der Waals surface area contributed by atoms with E-state index in [1.807, 2.05) is 108 Å². The summed E-state index contributed by atoms with van der Waals surface area (Å²) in [6.45, 7) is 0.492. The topological polar surface area (TPSA) is 68.5 Å². The van der Waals surface area contributed by atoms with Gasteiger partial charge in [0, 0.05) is 23.5 Å². The highest BCUT2D eigenvalue weighted by molar-refractivity contribution is 6.02. The van der Waals surface area contributed by atoms with Gasteiger partial charge in [-0.3, -0.25) is 9.20 Å². The molecule has 2 aromatic heterocycles. The second kappa shape index (κ2) is 9.83. The van der Waals surface area contributed by atoms with Crippen LogP contribution in [0.15, 0.2) is 109 Å². The van der Waals surface area contributed by atoms with Gasteiger partial charge in [0.05, 0.1) is 0 Å². The third-order valence-corrected chi connectivity index (χ3v) is 5.24. The minimum Gasteiger partial charge on any atom is -0.489 e. The van der Waals surface area contributed by atoms with E-state index >= 15 is 0 Å². The molecular weight excluding hydrogens is 424 g/mol. The average molecular weight is 447 g/mol. The van der Waals surface area contributed by atoms with Gasteiger partial charge in [-0.2, -0.15) is 0 Å². The second-order valence-electron chi connectivity index (χ2n) is 7.70. The molecule has 0 aliphatic rings. The van der Waals surface area contributed by atoms with Crippen LogP contribution in [0.4, 0.5) is 5.69 Å². The highest BCUT2D eigenvalue weighted by Crippen LogP contribution is 2.22. The summed E-state index contributed by atoms with van der Waals surface area (Å²) in [7, 11) is 0. The first kappa shape index (κ1) is 21.2. The monoisotopic (exact) mass is 446 g/mol. The van der Waals surface area contributed by atoms with Crippen molar-refractivity contribution in [2.75, 3.05) is 5.32 Å². The molecule has 3 aromatic carbocycles. The zero-order valence-electron chi connectivity index (χ0n) is 18.3. The van der Waals surface area contributed by atoms with Gasteiger partial charge in [0.2, 0.25) is 5.91 Å². The van der Waals surface area contributed by atoms with Gasteiger partial charge in [0.15, 0.2) is 11.5 Å². The van der Waals surface area contributed by atoms with E-state index < -0.39 is 0 Å². The molecule has 0 radical (unpaired) electrons. The summed E-state index contributed by atoms with van der Waals surface area (Å²) in [5, 5.41) is 11.4. The molecule has 166 valence electrons. The summed E-state index contributed by atoms with van der Waals surface area (Å²) >= 11 is 0. The number of fused-ring (bicyclic) bond motifs is 1. The lowest BCUT2D eigenvalue weighted by Gasteiger charge is -2.07. The molecule has 1 amide bonds. The average Bonchev–Trinajstić information content (AvgIpc) is 3.32. The van der Waals surface area contributed by atoms with E-state index in [1.54, 1.807) is 6.08 Å². The first-order valence-corrected chi connectivity index (χ1v) is 10.9. The van der Waals surface area contributed by atoms with Gasteiger partial charge in [-0.05, 0) is 53.6 Å². The van der Waals surface area contributed by atoms with E-state index in [-0.39, 0.29) is 5.91 Å². The van der Waals surface area contributed by atoms with Crippen LogP contribution in [0.2, 0.25) is 0 Å². The molecule has 0 atom stereocenters. The molecule has 0 saturated heterocycles. The maximum Gasteiger partial charge on any atom is 0.248 e. The molecule has 6 nitrogen and oxygen atoms in total. The van der Waals surface area contributed by atoms with Crippen LogP contribution >= 0.6 is 0 Å². The number of rotatable bonds is 7. The lowest BCUT2D eigenvalue weighted by Crippen LogP contribution is -2.07. The maximum atomic E-state index is 12.5. The van der Waals surface area contributed by atoms with Crippen molar-refractivity contribution < 1.29 is 9.53 Å². The highest BCUT2D eigenvalue weighted by Gasteiger charge is 2.08. The highest BCUT2D eigenvalue weighted by atomic mass is 16.5. The Hall–Kier alpha value is -4.71. The fourth-order valence-electron chi connectivity index (χ4n) is 3.58. The van der Waals surface area contributed by atoms with Crippen molar-refractivity contribution in [1.29, 1.82) is 0 Å². The first-order valence-electron chi connectivity index (χ1n) is 10.9. The van der Waals surface area contributed by atoms with Gasteiger partial charge in [-0.25, -0.2) is 0 Å². The Balaban J connectivity index is 1.24. The molecule has 0 aliphatic heterocycles. The third kappa shape index (κ3) is 5.02. The van der Waals surface area contributed by atoms with E-state index in [0.29, 0.717) is 12.3 Å². The van der Waals surface area contributed by atoms with Crippen LogP contribution in [-0.4, -0.2) is 20.5 Å². The van der Waals surface area contributed by atoms with Crippen molar-refractivity contribution in [2.24, 2.45) is 0 Å². The van der Waals surface area contributed by atoms with Gasteiger partial charge >= 0.3 is 0 Å². The number of hydrogen-bond acceptors (Lipinski definition) is 4. The molecule has 0 fully saturated rings. The number of nitrogens with one attached hydrogen (secondary N) is 1. The number of anilines is 1. The molecule has 0 bridgehead atoms. The van der Waals surface area contributed by atoms with Crippen LogP contribution in [0.25, 0.3) is 23.1 Å². The molecule has 5 aromatic rings. The predicted molar refractivity (Wildman–Crippen MR) is 133 cm³/mol. The SMILES string of the molecule is O=C(/C=C/c1cccc(OCc2ccccc2)c1)Nc1cccc(-c2nnc3ccccn23)c1. The quantitative estimate of drug-likeness (QED) is 0.329. The molecule has 6 heteroatoms. The summed E-state index contributed by atoms with van der Waals surface area (Å²) < 4.78 is 7.78. The number of hydrogen-bond donors (Lipinski definition) is 1. The van der Waals surface area contributed by atoms with Crippen LogP contribution in [0.3, 0.4) is 0 Å². The minimum absolute atomic E-state index is 0.223. The lowest BCUT2D eigenvalue weighted by atomic mass is 10.1. The lowest BCUT2D eigenvalue weighted by molar-refractivity contribution is -0.111. The molecule has 0 spiro atoms. The first-order chi connectivity index (χ1) is 16.7. The molecule has 1 N–H and O–H groups in total. The number of carbonyl (C=O) groups excluding carboxylic acids is 1. The number of nitrogens with zero attached hydrogens (tertiary/aromatic N) is 3. The van der Waals surface area contributed by atoms with E-state index in [1.165, 1.54) is 6.08 Å². The number of pyridine rings is 1. The molecule has 0 saturated carbocycles. The summed E-state index contributed by atoms with van der Waals surface area (Å²) in [6, 6.07) is 30.9. The zero-order chi connectivity index (χ0) is 23.2. The van der Waals surface area contributed by atoms with E-state index in [0.717, 1.165) is 33.9 Å². The molecule has 0 unspecified atom stereocenters. The normalized spacial score (nSPS) is 11.1. The Kier molecular flexibility index (Phi) is 6.12. The summed E-state index contributed by atoms with van der Waals surface area (Å²) in [6.07, 6.45) is 5.19. The Morgan fingerprint density at radius 2 is 1.74 bits per heavy atom. The molecule has 5 rings (SSSR count). The zero-order valence-corrected chi connectivity index (χ0v) is 18.3. The van der Waals surface area contributed by atoms with Crippen molar-refractivity contribution in [3.05, 3.63) is 120 Å². The van der Waals surface area contributed by atoms with Gasteiger partial charge < -0.3 is 10.1 Å². The Morgan fingerprint density at radius 1 is 0.882 bits per heavy atom. The number of aromatic nitrogens is 3. The number of benzene rings is 3. The largest absolute Gasteiger partial charge is 0.489 e. The van der Waals surface area contributed by atoms with Crippen LogP contribution in [0.5, 0.6) is 5.75 Å². The summed E-state index contributed by atoms with van der Waals surface area (Å²) in [4.78, 5) is 12.5. The van der Waals surface area contributed by atoms with Crippen molar-refractivity contribution in [3.8, 4) is 17.1 Å². The van der Waals surface area contributed by atoms with Crippen molar-refractivity contribution >= 4 is 23.3 Å². The fraction of sp³-hybridized carbons (Fsp3) is 0.0357. The Bertz CT molecular complexity index is 1460. The Labute approximate surface area is 197 Å². The van der Waals surface area contributed by atoms with E-state index in [4.69, 9.17) is 4.74 Å². The summed E-state index contributed by atoms with van der Waals surface area (Å²) in [5.41, 5.74) is 4.29. The maximum absolute atomic E-state index is 12.5. The molecule has 2 heterocycles.